The number of rotatable bonds is 2. The van der Waals surface area contributed by atoms with E-state index in [1.807, 2.05) is 7.05 Å². The van der Waals surface area contributed by atoms with Crippen LogP contribution in [0.25, 0.3) is 0 Å². The summed E-state index contributed by atoms with van der Waals surface area (Å²) < 4.78 is 7.00. The van der Waals surface area contributed by atoms with Gasteiger partial charge in [-0.2, -0.15) is 0 Å². The number of nitrogens with one attached hydrogen (secondary N) is 1. The van der Waals surface area contributed by atoms with E-state index < -0.39 is 0 Å². The van der Waals surface area contributed by atoms with Crippen LogP contribution in [-0.2, 0) is 11.8 Å². The highest BCUT2D eigenvalue weighted by Gasteiger charge is 2.22. The van der Waals surface area contributed by atoms with Crippen molar-refractivity contribution in [2.24, 2.45) is 13.0 Å². The third-order valence-electron chi connectivity index (χ3n) is 2.58. The molecule has 0 radical (unpaired) electrons. The lowest BCUT2D eigenvalue weighted by molar-refractivity contribution is 0.0535. The van der Waals surface area contributed by atoms with Crippen LogP contribution in [0, 0.1) is 5.92 Å². The number of hydrogen-bond acceptors (Lipinski definition) is 5. The fourth-order valence-corrected chi connectivity index (χ4v) is 1.61. The monoisotopic (exact) mass is 197 g/mol. The molecule has 2 rings (SSSR count). The molecule has 1 saturated heterocycles. The fourth-order valence-electron chi connectivity index (χ4n) is 1.61. The molecule has 78 valence electrons. The van der Waals surface area contributed by atoms with Crippen LogP contribution < -0.4 is 5.32 Å². The maximum atomic E-state index is 5.36. The molecule has 0 aromatic carbocycles. The Morgan fingerprint density at radius 3 is 3.07 bits per heavy atom. The molecule has 1 fully saturated rings. The smallest absolute Gasteiger partial charge is 0.242 e. The molecule has 1 aromatic heterocycles. The van der Waals surface area contributed by atoms with E-state index in [1.54, 1.807) is 4.68 Å². The highest BCUT2D eigenvalue weighted by Crippen LogP contribution is 2.17. The lowest BCUT2D eigenvalue weighted by Gasteiger charge is -2.29. The van der Waals surface area contributed by atoms with Crippen molar-refractivity contribution >= 4 is 5.95 Å². The van der Waals surface area contributed by atoms with Gasteiger partial charge in [-0.1, -0.05) is 12.0 Å². The summed E-state index contributed by atoms with van der Waals surface area (Å²) in [4.78, 5) is 0. The normalized spacial score (nSPS) is 27.6. The van der Waals surface area contributed by atoms with Gasteiger partial charge in [-0.3, -0.25) is 0 Å². The summed E-state index contributed by atoms with van der Waals surface area (Å²) >= 11 is 0. The van der Waals surface area contributed by atoms with Crippen molar-refractivity contribution in [2.75, 3.05) is 18.5 Å². The zero-order valence-electron chi connectivity index (χ0n) is 8.47. The second kappa shape index (κ2) is 3.91. The molecule has 1 aromatic rings. The van der Waals surface area contributed by atoms with Gasteiger partial charge in [0.15, 0.2) is 0 Å². The number of ether oxygens (including phenoxy) is 1. The van der Waals surface area contributed by atoms with Crippen LogP contribution in [0.5, 0.6) is 0 Å². The Labute approximate surface area is 82.6 Å². The van der Waals surface area contributed by atoms with Crippen molar-refractivity contribution in [3.05, 3.63) is 0 Å². The van der Waals surface area contributed by atoms with Gasteiger partial charge >= 0.3 is 0 Å². The average molecular weight is 197 g/mol. The number of tetrazole rings is 1. The third-order valence-corrected chi connectivity index (χ3v) is 2.58. The maximum absolute atomic E-state index is 5.36. The summed E-state index contributed by atoms with van der Waals surface area (Å²) in [6, 6.07) is 0.411. The second-order valence-electron chi connectivity index (χ2n) is 3.72. The van der Waals surface area contributed by atoms with Crippen LogP contribution in [-0.4, -0.2) is 39.5 Å². The summed E-state index contributed by atoms with van der Waals surface area (Å²) in [6.07, 6.45) is 1.01. The molecule has 1 aliphatic rings. The Morgan fingerprint density at radius 2 is 2.43 bits per heavy atom. The third kappa shape index (κ3) is 1.84. The number of hydrogen-bond donors (Lipinski definition) is 1. The quantitative estimate of drug-likeness (QED) is 0.725. The van der Waals surface area contributed by atoms with Gasteiger partial charge in [0, 0.05) is 19.7 Å². The van der Waals surface area contributed by atoms with Crippen molar-refractivity contribution in [3.63, 3.8) is 0 Å². The van der Waals surface area contributed by atoms with Crippen molar-refractivity contribution in [2.45, 2.75) is 19.4 Å². The molecule has 2 heterocycles. The molecule has 6 nitrogen and oxygen atoms in total. The second-order valence-corrected chi connectivity index (χ2v) is 3.72. The summed E-state index contributed by atoms with van der Waals surface area (Å²) in [5.41, 5.74) is 0. The predicted molar refractivity (Wildman–Crippen MR) is 50.8 cm³/mol. The molecule has 6 heteroatoms. The van der Waals surface area contributed by atoms with E-state index in [0.29, 0.717) is 12.0 Å². The van der Waals surface area contributed by atoms with Crippen LogP contribution in [0.4, 0.5) is 5.95 Å². The van der Waals surface area contributed by atoms with Crippen molar-refractivity contribution in [1.29, 1.82) is 0 Å². The zero-order chi connectivity index (χ0) is 9.97. The molecule has 14 heavy (non-hydrogen) atoms. The number of aryl methyl sites for hydroxylation is 1. The lowest BCUT2D eigenvalue weighted by atomic mass is 9.98. The predicted octanol–water partition coefficient (Wildman–Crippen LogP) is 0.0470. The summed E-state index contributed by atoms with van der Waals surface area (Å²) in [5.74, 6) is 1.23. The Balaban J connectivity index is 1.99. The first kappa shape index (κ1) is 9.39. The standard InChI is InChI=1S/C8H15N5O/c1-6-5-14-4-3-7(6)9-8-10-11-12-13(8)2/h6-7H,3-5H2,1-2H3,(H,9,10,12). The highest BCUT2D eigenvalue weighted by atomic mass is 16.5. The van der Waals surface area contributed by atoms with E-state index in [0.717, 1.165) is 25.6 Å². The Kier molecular flexibility index (Phi) is 2.62. The van der Waals surface area contributed by atoms with E-state index in [9.17, 15) is 0 Å². The first-order valence-corrected chi connectivity index (χ1v) is 4.84. The zero-order valence-corrected chi connectivity index (χ0v) is 8.47. The van der Waals surface area contributed by atoms with Crippen LogP contribution in [0.2, 0.25) is 0 Å². The minimum atomic E-state index is 0.411. The Bertz CT molecular complexity index is 300. The van der Waals surface area contributed by atoms with Crippen LogP contribution in [0.1, 0.15) is 13.3 Å². The summed E-state index contributed by atoms with van der Waals surface area (Å²) in [6.45, 7) is 3.79. The van der Waals surface area contributed by atoms with E-state index >= 15 is 0 Å². The molecular weight excluding hydrogens is 182 g/mol. The molecule has 0 aliphatic carbocycles. The fraction of sp³-hybridized carbons (Fsp3) is 0.875. The van der Waals surface area contributed by atoms with Crippen molar-refractivity contribution in [3.8, 4) is 0 Å². The molecule has 1 aliphatic heterocycles. The van der Waals surface area contributed by atoms with Crippen molar-refractivity contribution < 1.29 is 4.74 Å². The Morgan fingerprint density at radius 1 is 1.57 bits per heavy atom. The van der Waals surface area contributed by atoms with E-state index in [-0.39, 0.29) is 0 Å². The number of anilines is 1. The van der Waals surface area contributed by atoms with Gasteiger partial charge in [0.2, 0.25) is 5.95 Å². The van der Waals surface area contributed by atoms with Crippen LogP contribution >= 0.6 is 0 Å². The van der Waals surface area contributed by atoms with Crippen LogP contribution in [0.3, 0.4) is 0 Å². The minimum Gasteiger partial charge on any atom is -0.381 e. The minimum absolute atomic E-state index is 0.411. The lowest BCUT2D eigenvalue weighted by Crippen LogP contribution is -2.36. The van der Waals surface area contributed by atoms with E-state index in [4.69, 9.17) is 4.74 Å². The topological polar surface area (TPSA) is 64.9 Å². The average Bonchev–Trinajstić information content (AvgIpc) is 2.56. The molecule has 0 spiro atoms. The molecular formula is C8H15N5O. The Hall–Kier alpha value is -1.17. The SMILES string of the molecule is CC1COCCC1Nc1nnnn1C. The largest absolute Gasteiger partial charge is 0.381 e. The van der Waals surface area contributed by atoms with E-state index in [1.165, 1.54) is 0 Å². The first-order valence-electron chi connectivity index (χ1n) is 4.84. The molecule has 0 bridgehead atoms. The first-order chi connectivity index (χ1) is 6.77. The van der Waals surface area contributed by atoms with Crippen molar-refractivity contribution in [1.82, 2.24) is 20.2 Å². The van der Waals surface area contributed by atoms with Gasteiger partial charge in [0.1, 0.15) is 0 Å². The van der Waals surface area contributed by atoms with Gasteiger partial charge in [0.25, 0.3) is 0 Å². The van der Waals surface area contributed by atoms with Gasteiger partial charge in [-0.05, 0) is 22.8 Å². The number of aromatic nitrogens is 4. The molecule has 2 atom stereocenters. The maximum Gasteiger partial charge on any atom is 0.242 e. The molecule has 0 saturated carbocycles. The molecule has 2 unspecified atom stereocenters. The van der Waals surface area contributed by atoms with Crippen LogP contribution in [0.15, 0.2) is 0 Å². The summed E-state index contributed by atoms with van der Waals surface area (Å²) in [7, 11) is 1.83. The summed E-state index contributed by atoms with van der Waals surface area (Å²) in [5, 5.41) is 14.6. The van der Waals surface area contributed by atoms with Gasteiger partial charge in [0.05, 0.1) is 6.61 Å². The van der Waals surface area contributed by atoms with Gasteiger partial charge < -0.3 is 10.1 Å². The molecule has 1 N–H and O–H groups in total. The number of nitrogens with zero attached hydrogens (tertiary/aromatic N) is 4. The van der Waals surface area contributed by atoms with Gasteiger partial charge in [-0.25, -0.2) is 4.68 Å². The molecule has 0 amide bonds. The van der Waals surface area contributed by atoms with E-state index in [2.05, 4.69) is 27.8 Å². The highest BCUT2D eigenvalue weighted by molar-refractivity contribution is 5.23. The van der Waals surface area contributed by atoms with Gasteiger partial charge in [-0.15, -0.1) is 0 Å².